The Bertz CT molecular complexity index is 1280. The van der Waals surface area contributed by atoms with Crippen LogP contribution in [-0.2, 0) is 16.1 Å². The van der Waals surface area contributed by atoms with Crippen molar-refractivity contribution >= 4 is 28.6 Å². The molecule has 1 heterocycles. The van der Waals surface area contributed by atoms with Crippen LogP contribution in [0.1, 0.15) is 37.9 Å². The second-order valence-electron chi connectivity index (χ2n) is 8.32. The van der Waals surface area contributed by atoms with E-state index in [0.717, 1.165) is 27.7 Å². The molecule has 0 bridgehead atoms. The molecule has 1 aliphatic rings. The minimum atomic E-state index is -0.538. The smallest absolute Gasteiger partial charge is 0.338 e. The second kappa shape index (κ2) is 12.5. The normalized spacial score (nSPS) is 15.3. The van der Waals surface area contributed by atoms with Gasteiger partial charge in [0, 0.05) is 11.4 Å². The van der Waals surface area contributed by atoms with Crippen molar-refractivity contribution in [2.24, 2.45) is 4.99 Å². The molecule has 0 aromatic heterocycles. The molecule has 1 aliphatic heterocycles. The summed E-state index contributed by atoms with van der Waals surface area (Å²) >= 11 is 1.54. The van der Waals surface area contributed by atoms with E-state index < -0.39 is 6.04 Å². The minimum Gasteiger partial charge on any atom is -0.490 e. The fraction of sp³-hybridized carbons (Fsp3) is 0.267. The summed E-state index contributed by atoms with van der Waals surface area (Å²) < 4.78 is 17.5. The Morgan fingerprint density at radius 1 is 0.919 bits per heavy atom. The lowest BCUT2D eigenvalue weighted by Gasteiger charge is -2.34. The number of amidine groups is 1. The van der Waals surface area contributed by atoms with Gasteiger partial charge in [-0.1, -0.05) is 66.4 Å². The van der Waals surface area contributed by atoms with E-state index in [-0.39, 0.29) is 12.6 Å². The molecule has 3 aromatic rings. The molecule has 0 amide bonds. The van der Waals surface area contributed by atoms with Gasteiger partial charge in [-0.05, 0) is 62.4 Å². The number of rotatable bonds is 9. The second-order valence-corrected chi connectivity index (χ2v) is 9.10. The molecule has 6 nitrogen and oxygen atoms in total. The van der Waals surface area contributed by atoms with Crippen LogP contribution in [0.4, 0.5) is 5.69 Å². The average Bonchev–Trinajstić information content (AvgIpc) is 2.93. The van der Waals surface area contributed by atoms with Crippen molar-refractivity contribution in [1.82, 2.24) is 0 Å². The zero-order chi connectivity index (χ0) is 26.2. The van der Waals surface area contributed by atoms with Crippen LogP contribution in [0.15, 0.2) is 95.1 Å². The van der Waals surface area contributed by atoms with Crippen LogP contribution in [0, 0.1) is 0 Å². The Balaban J connectivity index is 1.74. The molecule has 0 saturated carbocycles. The molecule has 0 spiro atoms. The number of ether oxygens (including phenoxy) is 3. The molecule has 37 heavy (non-hydrogen) atoms. The maximum absolute atomic E-state index is 13.3. The number of para-hydroxylation sites is 1. The lowest BCUT2D eigenvalue weighted by atomic mass is 9.95. The Morgan fingerprint density at radius 3 is 2.27 bits per heavy atom. The molecule has 0 N–H and O–H groups in total. The maximum Gasteiger partial charge on any atom is 0.338 e. The molecule has 0 aliphatic carbocycles. The summed E-state index contributed by atoms with van der Waals surface area (Å²) in [4.78, 5) is 20.3. The molecule has 3 aromatic carbocycles. The number of thioether (sulfide) groups is 1. The lowest BCUT2D eigenvalue weighted by molar-refractivity contribution is -0.138. The van der Waals surface area contributed by atoms with Gasteiger partial charge in [-0.15, -0.1) is 0 Å². The molecule has 7 heteroatoms. The van der Waals surface area contributed by atoms with E-state index in [2.05, 4.69) is 0 Å². The molecule has 4 rings (SSSR count). The van der Waals surface area contributed by atoms with Crippen LogP contribution in [0.5, 0.6) is 11.5 Å². The van der Waals surface area contributed by atoms with Crippen molar-refractivity contribution in [3.05, 3.63) is 101 Å². The first kappa shape index (κ1) is 26.4. The van der Waals surface area contributed by atoms with E-state index >= 15 is 0 Å². The highest BCUT2D eigenvalue weighted by Gasteiger charge is 2.35. The van der Waals surface area contributed by atoms with Gasteiger partial charge in [0.25, 0.3) is 0 Å². The van der Waals surface area contributed by atoms with Crippen LogP contribution < -0.4 is 14.4 Å². The van der Waals surface area contributed by atoms with Gasteiger partial charge in [0.05, 0.1) is 18.8 Å². The van der Waals surface area contributed by atoms with Gasteiger partial charge in [0.2, 0.25) is 0 Å². The number of hydrogen-bond donors (Lipinski definition) is 0. The SMILES string of the molecule is CCOC(=O)C1=C(C)N(c2ccccc2)C(SC)=N[C@@H]1c1ccc(OCc2ccccc2)c(OCC)c1. The van der Waals surface area contributed by atoms with Gasteiger partial charge in [-0.3, -0.25) is 4.90 Å². The highest BCUT2D eigenvalue weighted by Crippen LogP contribution is 2.41. The van der Waals surface area contributed by atoms with Gasteiger partial charge >= 0.3 is 5.97 Å². The fourth-order valence-electron chi connectivity index (χ4n) is 4.25. The standard InChI is InChI=1S/C30H32N2O4S/c1-5-34-26-19-23(17-18-25(26)36-20-22-13-9-7-10-14-22)28-27(29(33)35-6-2)21(3)32(30(31-28)37-4)24-15-11-8-12-16-24/h7-19,28H,5-6,20H2,1-4H3/t28-/m1/s1. The number of nitrogens with zero attached hydrogens (tertiary/aromatic N) is 2. The average molecular weight is 517 g/mol. The predicted octanol–water partition coefficient (Wildman–Crippen LogP) is 6.78. The topological polar surface area (TPSA) is 60.4 Å². The zero-order valence-corrected chi connectivity index (χ0v) is 22.5. The van der Waals surface area contributed by atoms with Gasteiger partial charge in [0.15, 0.2) is 16.7 Å². The van der Waals surface area contributed by atoms with Gasteiger partial charge in [0.1, 0.15) is 12.6 Å². The number of carbonyl (C=O) groups is 1. The molecule has 192 valence electrons. The Labute approximate surface area is 223 Å². The highest BCUT2D eigenvalue weighted by atomic mass is 32.2. The van der Waals surface area contributed by atoms with Crippen molar-refractivity contribution in [2.45, 2.75) is 33.4 Å². The number of esters is 1. The highest BCUT2D eigenvalue weighted by molar-refractivity contribution is 8.13. The maximum atomic E-state index is 13.3. The zero-order valence-electron chi connectivity index (χ0n) is 21.6. The Morgan fingerprint density at radius 2 is 1.62 bits per heavy atom. The first-order chi connectivity index (χ1) is 18.1. The van der Waals surface area contributed by atoms with E-state index in [4.69, 9.17) is 19.2 Å². The van der Waals surface area contributed by atoms with Crippen LogP contribution in [-0.4, -0.2) is 30.6 Å². The van der Waals surface area contributed by atoms with Crippen LogP contribution >= 0.6 is 11.8 Å². The molecule has 0 radical (unpaired) electrons. The van der Waals surface area contributed by atoms with Crippen molar-refractivity contribution in [3.8, 4) is 11.5 Å². The van der Waals surface area contributed by atoms with Crippen LogP contribution in [0.3, 0.4) is 0 Å². The molecular formula is C30H32N2O4S. The monoisotopic (exact) mass is 516 g/mol. The lowest BCUT2D eigenvalue weighted by Crippen LogP contribution is -2.35. The van der Waals surface area contributed by atoms with Crippen molar-refractivity contribution < 1.29 is 19.0 Å². The summed E-state index contributed by atoms with van der Waals surface area (Å²) in [5, 5.41) is 0.795. The summed E-state index contributed by atoms with van der Waals surface area (Å²) in [6.45, 7) is 6.88. The third-order valence-corrected chi connectivity index (χ3v) is 6.60. The first-order valence-electron chi connectivity index (χ1n) is 12.4. The largest absolute Gasteiger partial charge is 0.490 e. The molecule has 0 unspecified atom stereocenters. The van der Waals surface area contributed by atoms with Crippen molar-refractivity contribution in [2.75, 3.05) is 24.4 Å². The number of benzene rings is 3. The number of carbonyl (C=O) groups excluding carboxylic acids is 1. The molecule has 0 saturated heterocycles. The molecule has 1 atom stereocenters. The number of hydrogen-bond acceptors (Lipinski definition) is 7. The molecule has 0 fully saturated rings. The Hall–Kier alpha value is -3.71. The molecular weight excluding hydrogens is 484 g/mol. The third-order valence-electron chi connectivity index (χ3n) is 5.94. The van der Waals surface area contributed by atoms with Crippen LogP contribution in [0.2, 0.25) is 0 Å². The first-order valence-corrected chi connectivity index (χ1v) is 13.6. The number of aliphatic imine (C=N–C) groups is 1. The van der Waals surface area contributed by atoms with E-state index in [1.807, 2.05) is 111 Å². The predicted molar refractivity (Wildman–Crippen MR) is 150 cm³/mol. The van der Waals surface area contributed by atoms with Gasteiger partial charge in [-0.25, -0.2) is 9.79 Å². The third kappa shape index (κ3) is 6.00. The van der Waals surface area contributed by atoms with Crippen molar-refractivity contribution in [3.63, 3.8) is 0 Å². The van der Waals surface area contributed by atoms with Crippen LogP contribution in [0.25, 0.3) is 0 Å². The Kier molecular flexibility index (Phi) is 8.90. The summed E-state index contributed by atoms with van der Waals surface area (Å²) in [6, 6.07) is 25.1. The van der Waals surface area contributed by atoms with E-state index in [9.17, 15) is 4.79 Å². The number of anilines is 1. The van der Waals surface area contributed by atoms with Gasteiger partial charge in [-0.2, -0.15) is 0 Å². The van der Waals surface area contributed by atoms with Crippen molar-refractivity contribution in [1.29, 1.82) is 0 Å². The van der Waals surface area contributed by atoms with Gasteiger partial charge < -0.3 is 14.2 Å². The summed E-state index contributed by atoms with van der Waals surface area (Å²) in [5.74, 6) is 0.879. The summed E-state index contributed by atoms with van der Waals surface area (Å²) in [5.41, 5.74) is 4.13. The van der Waals surface area contributed by atoms with E-state index in [1.165, 1.54) is 11.8 Å². The fourth-order valence-corrected chi connectivity index (χ4v) is 4.88. The summed E-state index contributed by atoms with van der Waals surface area (Å²) in [6.07, 6.45) is 1.99. The minimum absolute atomic E-state index is 0.281. The van der Waals surface area contributed by atoms with E-state index in [0.29, 0.717) is 30.3 Å². The van der Waals surface area contributed by atoms with E-state index in [1.54, 1.807) is 0 Å². The quantitative estimate of drug-likeness (QED) is 0.292. The summed E-state index contributed by atoms with van der Waals surface area (Å²) in [7, 11) is 0. The number of allylic oxidation sites excluding steroid dienone is 1.